The quantitative estimate of drug-likeness (QED) is 0.468. The lowest BCUT2D eigenvalue weighted by atomic mass is 10.3. The molecule has 1 heterocycles. The third-order valence-electron chi connectivity index (χ3n) is 1.55. The lowest BCUT2D eigenvalue weighted by molar-refractivity contribution is 0.102. The van der Waals surface area contributed by atoms with Crippen LogP contribution < -0.4 is 4.74 Å². The minimum atomic E-state index is -1.68. The number of alkyl halides is 3. The third kappa shape index (κ3) is 4.76. The minimum Gasteiger partial charge on any atom is -0.434 e. The van der Waals surface area contributed by atoms with Crippen molar-refractivity contribution in [3.05, 3.63) is 22.8 Å². The molecule has 4 nitrogen and oxygen atoms in total. The van der Waals surface area contributed by atoms with Crippen LogP contribution in [0.1, 0.15) is 12.5 Å². The van der Waals surface area contributed by atoms with Gasteiger partial charge in [-0.3, -0.25) is 0 Å². The van der Waals surface area contributed by atoms with Gasteiger partial charge in [0.2, 0.25) is 9.67 Å². The van der Waals surface area contributed by atoms with E-state index < -0.39 is 9.95 Å². The second-order valence-electron chi connectivity index (χ2n) is 2.80. The highest BCUT2D eigenvalue weighted by Crippen LogP contribution is 2.39. The van der Waals surface area contributed by atoms with Gasteiger partial charge in [-0.1, -0.05) is 46.4 Å². The molecule has 0 aliphatic carbocycles. The van der Waals surface area contributed by atoms with Gasteiger partial charge in [-0.25, -0.2) is 9.78 Å². The number of ether oxygens (including phenoxy) is 2. The van der Waals surface area contributed by atoms with Gasteiger partial charge in [-0.15, -0.1) is 0 Å². The number of pyridine rings is 1. The van der Waals surface area contributed by atoms with Gasteiger partial charge in [-0.05, 0) is 13.0 Å². The van der Waals surface area contributed by atoms with Crippen molar-refractivity contribution >= 4 is 52.6 Å². The predicted octanol–water partition coefficient (Wildman–Crippen LogP) is 4.10. The van der Waals surface area contributed by atoms with Gasteiger partial charge in [0.25, 0.3) is 0 Å². The molecule has 94 valence electrons. The van der Waals surface area contributed by atoms with Crippen LogP contribution >= 0.6 is 46.4 Å². The van der Waals surface area contributed by atoms with Crippen LogP contribution in [0.2, 0.25) is 5.15 Å². The van der Waals surface area contributed by atoms with E-state index in [9.17, 15) is 4.79 Å². The second kappa shape index (κ2) is 5.96. The highest BCUT2D eigenvalue weighted by Gasteiger charge is 2.25. The van der Waals surface area contributed by atoms with E-state index in [4.69, 9.17) is 51.1 Å². The standard InChI is InChI=1S/C9H7Cl4NO3/c1-2-16-8(15)17-7-4-5(9(11,12)13)3-6(10)14-7/h3-4H,2H2,1H3. The number of nitrogens with zero attached hydrogens (tertiary/aromatic N) is 1. The Hall–Kier alpha value is -0.420. The number of halogens is 4. The molecule has 1 rings (SSSR count). The summed E-state index contributed by atoms with van der Waals surface area (Å²) in [6, 6.07) is 2.64. The summed E-state index contributed by atoms with van der Waals surface area (Å²) in [5, 5.41) is 0.0353. The van der Waals surface area contributed by atoms with Crippen LogP contribution in [0, 0.1) is 0 Å². The van der Waals surface area contributed by atoms with Crippen molar-refractivity contribution in [2.75, 3.05) is 6.61 Å². The molecular formula is C9H7Cl4NO3. The SMILES string of the molecule is CCOC(=O)Oc1cc(C(Cl)(Cl)Cl)cc(Cl)n1. The summed E-state index contributed by atoms with van der Waals surface area (Å²) >= 11 is 22.7. The van der Waals surface area contributed by atoms with Crippen molar-refractivity contribution in [1.29, 1.82) is 0 Å². The predicted molar refractivity (Wildman–Crippen MR) is 66.1 cm³/mol. The Morgan fingerprint density at radius 1 is 1.41 bits per heavy atom. The maximum atomic E-state index is 11.1. The molecule has 0 saturated carbocycles. The molecule has 1 aromatic rings. The fourth-order valence-corrected chi connectivity index (χ4v) is 1.45. The number of carbonyl (C=O) groups is 1. The number of aromatic nitrogens is 1. The summed E-state index contributed by atoms with van der Waals surface area (Å²) in [6.07, 6.45) is -0.905. The molecule has 0 aliphatic rings. The van der Waals surface area contributed by atoms with Crippen LogP contribution in [0.15, 0.2) is 12.1 Å². The van der Waals surface area contributed by atoms with Crippen LogP contribution in [0.4, 0.5) is 4.79 Å². The van der Waals surface area contributed by atoms with Gasteiger partial charge in [0.1, 0.15) is 5.15 Å². The first-order valence-electron chi connectivity index (χ1n) is 4.42. The summed E-state index contributed by atoms with van der Waals surface area (Å²) in [7, 11) is 0. The van der Waals surface area contributed by atoms with E-state index in [0.29, 0.717) is 0 Å². The van der Waals surface area contributed by atoms with Gasteiger partial charge in [0.05, 0.1) is 6.61 Å². The van der Waals surface area contributed by atoms with E-state index in [1.54, 1.807) is 6.92 Å². The zero-order valence-corrected chi connectivity index (χ0v) is 11.6. The highest BCUT2D eigenvalue weighted by atomic mass is 35.6. The zero-order chi connectivity index (χ0) is 13.1. The second-order valence-corrected chi connectivity index (χ2v) is 5.47. The average Bonchev–Trinajstić information content (AvgIpc) is 2.15. The largest absolute Gasteiger partial charge is 0.515 e. The Bertz CT molecular complexity index is 419. The Morgan fingerprint density at radius 3 is 2.59 bits per heavy atom. The van der Waals surface area contributed by atoms with E-state index in [-0.39, 0.29) is 23.2 Å². The molecule has 8 heteroatoms. The van der Waals surface area contributed by atoms with Crippen molar-refractivity contribution < 1.29 is 14.3 Å². The molecule has 17 heavy (non-hydrogen) atoms. The Balaban J connectivity index is 2.94. The molecule has 0 radical (unpaired) electrons. The molecule has 0 fully saturated rings. The minimum absolute atomic E-state index is 0.0353. The molecule has 0 atom stereocenters. The van der Waals surface area contributed by atoms with Gasteiger partial charge in [-0.2, -0.15) is 0 Å². The first-order valence-corrected chi connectivity index (χ1v) is 5.93. The summed E-state index contributed by atoms with van der Waals surface area (Å²) in [4.78, 5) is 14.8. The first kappa shape index (κ1) is 14.6. The molecular weight excluding hydrogens is 312 g/mol. The summed E-state index contributed by atoms with van der Waals surface area (Å²) < 4.78 is 7.63. The summed E-state index contributed by atoms with van der Waals surface area (Å²) in [5.41, 5.74) is 0.238. The Labute approximate surface area is 118 Å². The van der Waals surface area contributed by atoms with Crippen molar-refractivity contribution in [3.63, 3.8) is 0 Å². The zero-order valence-electron chi connectivity index (χ0n) is 8.55. The van der Waals surface area contributed by atoms with Gasteiger partial charge in [0, 0.05) is 11.6 Å². The molecule has 1 aromatic heterocycles. The van der Waals surface area contributed by atoms with Gasteiger partial charge in [0.15, 0.2) is 0 Å². The normalized spacial score (nSPS) is 11.1. The smallest absolute Gasteiger partial charge is 0.434 e. The molecule has 0 aromatic carbocycles. The Kier molecular flexibility index (Phi) is 5.13. The van der Waals surface area contributed by atoms with Crippen LogP contribution in [0.25, 0.3) is 0 Å². The molecule has 0 amide bonds. The molecule has 0 N–H and O–H groups in total. The maximum absolute atomic E-state index is 11.1. The lowest BCUT2D eigenvalue weighted by Gasteiger charge is -2.12. The van der Waals surface area contributed by atoms with Crippen molar-refractivity contribution in [1.82, 2.24) is 4.98 Å². The van der Waals surface area contributed by atoms with E-state index in [1.165, 1.54) is 12.1 Å². The summed E-state index contributed by atoms with van der Waals surface area (Å²) in [5.74, 6) is -0.0997. The van der Waals surface area contributed by atoms with Crippen molar-refractivity contribution in [2.24, 2.45) is 0 Å². The van der Waals surface area contributed by atoms with E-state index in [1.807, 2.05) is 0 Å². The fourth-order valence-electron chi connectivity index (χ4n) is 0.921. The number of rotatable bonds is 2. The van der Waals surface area contributed by atoms with E-state index in [0.717, 1.165) is 0 Å². The summed E-state index contributed by atoms with van der Waals surface area (Å²) in [6.45, 7) is 1.82. The van der Waals surface area contributed by atoms with Crippen molar-refractivity contribution in [3.8, 4) is 5.88 Å². The molecule has 0 spiro atoms. The van der Waals surface area contributed by atoms with Crippen LogP contribution in [-0.2, 0) is 8.53 Å². The van der Waals surface area contributed by atoms with Crippen LogP contribution in [0.5, 0.6) is 5.88 Å². The molecule has 0 saturated heterocycles. The fraction of sp³-hybridized carbons (Fsp3) is 0.333. The molecule has 0 bridgehead atoms. The van der Waals surface area contributed by atoms with E-state index >= 15 is 0 Å². The average molecular weight is 319 g/mol. The van der Waals surface area contributed by atoms with Gasteiger partial charge < -0.3 is 9.47 Å². The van der Waals surface area contributed by atoms with Crippen LogP contribution in [0.3, 0.4) is 0 Å². The topological polar surface area (TPSA) is 48.4 Å². The number of carbonyl (C=O) groups excluding carboxylic acids is 1. The first-order chi connectivity index (χ1) is 7.82. The highest BCUT2D eigenvalue weighted by molar-refractivity contribution is 6.66. The van der Waals surface area contributed by atoms with Gasteiger partial charge >= 0.3 is 6.16 Å². The molecule has 0 unspecified atom stereocenters. The number of hydrogen-bond donors (Lipinski definition) is 0. The maximum Gasteiger partial charge on any atom is 0.515 e. The van der Waals surface area contributed by atoms with E-state index in [2.05, 4.69) is 9.72 Å². The number of hydrogen-bond acceptors (Lipinski definition) is 4. The van der Waals surface area contributed by atoms with Crippen molar-refractivity contribution in [2.45, 2.75) is 10.7 Å². The Morgan fingerprint density at radius 2 is 2.06 bits per heavy atom. The lowest BCUT2D eigenvalue weighted by Crippen LogP contribution is -2.12. The monoisotopic (exact) mass is 317 g/mol. The molecule has 0 aliphatic heterocycles. The van der Waals surface area contributed by atoms with Crippen LogP contribution in [-0.4, -0.2) is 17.7 Å². The third-order valence-corrected chi connectivity index (χ3v) is 2.40.